The molecule has 0 N–H and O–H groups in total. The van der Waals surface area contributed by atoms with E-state index in [1.165, 1.54) is 5.70 Å². The van der Waals surface area contributed by atoms with Crippen LogP contribution in [-0.2, 0) is 4.79 Å². The van der Waals surface area contributed by atoms with Crippen LogP contribution in [0.4, 0.5) is 0 Å². The standard InChI is InChI=1S/C10H17NO/c1-4-9-7-10(12)5-6-11(9)8(2)3/h7-8H,4-6H2,1-3H3. The Hall–Kier alpha value is -0.790. The smallest absolute Gasteiger partial charge is 0.159 e. The fourth-order valence-electron chi connectivity index (χ4n) is 1.61. The molecule has 1 aliphatic rings. The maximum Gasteiger partial charge on any atom is 0.159 e. The molecule has 2 heteroatoms. The van der Waals surface area contributed by atoms with E-state index in [1.807, 2.05) is 0 Å². The summed E-state index contributed by atoms with van der Waals surface area (Å²) < 4.78 is 0. The molecule has 0 aromatic heterocycles. The number of rotatable bonds is 2. The van der Waals surface area contributed by atoms with E-state index in [1.54, 1.807) is 6.08 Å². The van der Waals surface area contributed by atoms with E-state index in [0.29, 0.717) is 12.5 Å². The van der Waals surface area contributed by atoms with Crippen molar-refractivity contribution in [3.05, 3.63) is 11.8 Å². The maximum atomic E-state index is 11.1. The van der Waals surface area contributed by atoms with Gasteiger partial charge in [0.25, 0.3) is 0 Å². The van der Waals surface area contributed by atoms with Gasteiger partial charge in [-0.2, -0.15) is 0 Å². The van der Waals surface area contributed by atoms with Gasteiger partial charge < -0.3 is 4.90 Å². The molecule has 0 radical (unpaired) electrons. The third kappa shape index (κ3) is 1.87. The number of carbonyl (C=O) groups is 1. The lowest BCUT2D eigenvalue weighted by Crippen LogP contribution is -2.35. The second-order valence-corrected chi connectivity index (χ2v) is 3.49. The van der Waals surface area contributed by atoms with Crippen LogP contribution in [0.5, 0.6) is 0 Å². The topological polar surface area (TPSA) is 20.3 Å². The predicted octanol–water partition coefficient (Wildman–Crippen LogP) is 1.96. The second-order valence-electron chi connectivity index (χ2n) is 3.49. The van der Waals surface area contributed by atoms with E-state index < -0.39 is 0 Å². The highest BCUT2D eigenvalue weighted by atomic mass is 16.1. The van der Waals surface area contributed by atoms with Gasteiger partial charge in [0.15, 0.2) is 5.78 Å². The fraction of sp³-hybridized carbons (Fsp3) is 0.700. The fourth-order valence-corrected chi connectivity index (χ4v) is 1.61. The van der Waals surface area contributed by atoms with Crippen LogP contribution in [-0.4, -0.2) is 23.3 Å². The minimum Gasteiger partial charge on any atom is -0.372 e. The van der Waals surface area contributed by atoms with Gasteiger partial charge in [-0.05, 0) is 20.3 Å². The van der Waals surface area contributed by atoms with Crippen LogP contribution in [0, 0.1) is 0 Å². The summed E-state index contributed by atoms with van der Waals surface area (Å²) in [7, 11) is 0. The third-order valence-electron chi connectivity index (χ3n) is 2.28. The molecule has 1 rings (SSSR count). The van der Waals surface area contributed by atoms with Crippen molar-refractivity contribution >= 4 is 5.78 Å². The summed E-state index contributed by atoms with van der Waals surface area (Å²) in [6.07, 6.45) is 3.44. The Kier molecular flexibility index (Phi) is 2.90. The van der Waals surface area contributed by atoms with Crippen molar-refractivity contribution in [2.75, 3.05) is 6.54 Å². The summed E-state index contributed by atoms with van der Waals surface area (Å²) in [5.41, 5.74) is 1.20. The molecule has 0 spiro atoms. The van der Waals surface area contributed by atoms with E-state index in [0.717, 1.165) is 13.0 Å². The average Bonchev–Trinajstić information content (AvgIpc) is 2.03. The SMILES string of the molecule is CCC1=CC(=O)CCN1C(C)C. The van der Waals surface area contributed by atoms with Gasteiger partial charge in [0.2, 0.25) is 0 Å². The Balaban J connectivity index is 2.77. The normalized spacial score (nSPS) is 18.5. The first-order valence-electron chi connectivity index (χ1n) is 4.65. The molecule has 0 bridgehead atoms. The van der Waals surface area contributed by atoms with Crippen molar-refractivity contribution in [2.45, 2.75) is 39.7 Å². The Bertz CT molecular complexity index is 206. The van der Waals surface area contributed by atoms with Crippen LogP contribution in [0.1, 0.15) is 33.6 Å². The molecule has 0 unspecified atom stereocenters. The highest BCUT2D eigenvalue weighted by Crippen LogP contribution is 2.18. The number of hydrogen-bond donors (Lipinski definition) is 0. The minimum absolute atomic E-state index is 0.281. The predicted molar refractivity (Wildman–Crippen MR) is 49.8 cm³/mol. The third-order valence-corrected chi connectivity index (χ3v) is 2.28. The highest BCUT2D eigenvalue weighted by molar-refractivity contribution is 5.91. The minimum atomic E-state index is 0.281. The summed E-state index contributed by atoms with van der Waals surface area (Å²) in [5.74, 6) is 0.281. The molecule has 2 nitrogen and oxygen atoms in total. The number of allylic oxidation sites excluding steroid dienone is 2. The molecular formula is C10H17NO. The molecule has 0 saturated carbocycles. The molecular weight excluding hydrogens is 150 g/mol. The quantitative estimate of drug-likeness (QED) is 0.626. The van der Waals surface area contributed by atoms with Crippen LogP contribution in [0.25, 0.3) is 0 Å². The highest BCUT2D eigenvalue weighted by Gasteiger charge is 2.18. The molecule has 0 aromatic carbocycles. The number of hydrogen-bond acceptors (Lipinski definition) is 2. The van der Waals surface area contributed by atoms with Gasteiger partial charge in [-0.15, -0.1) is 0 Å². The lowest BCUT2D eigenvalue weighted by atomic mass is 10.1. The summed E-state index contributed by atoms with van der Waals surface area (Å²) in [5, 5.41) is 0. The number of ketones is 1. The summed E-state index contributed by atoms with van der Waals surface area (Å²) >= 11 is 0. The summed E-state index contributed by atoms with van der Waals surface area (Å²) in [6, 6.07) is 0.518. The monoisotopic (exact) mass is 167 g/mol. The van der Waals surface area contributed by atoms with Crippen LogP contribution < -0.4 is 0 Å². The maximum absolute atomic E-state index is 11.1. The van der Waals surface area contributed by atoms with Crippen LogP contribution >= 0.6 is 0 Å². The van der Waals surface area contributed by atoms with Crippen molar-refractivity contribution in [2.24, 2.45) is 0 Å². The zero-order chi connectivity index (χ0) is 9.14. The molecule has 12 heavy (non-hydrogen) atoms. The van der Waals surface area contributed by atoms with Crippen molar-refractivity contribution in [3.63, 3.8) is 0 Å². The molecule has 1 heterocycles. The molecule has 0 amide bonds. The van der Waals surface area contributed by atoms with Gasteiger partial charge in [0, 0.05) is 30.8 Å². The Morgan fingerprint density at radius 3 is 2.75 bits per heavy atom. The number of carbonyl (C=O) groups excluding carboxylic acids is 1. The van der Waals surface area contributed by atoms with Crippen LogP contribution in [0.3, 0.4) is 0 Å². The first-order valence-corrected chi connectivity index (χ1v) is 4.65. The largest absolute Gasteiger partial charge is 0.372 e. The zero-order valence-corrected chi connectivity index (χ0v) is 8.13. The number of nitrogens with zero attached hydrogens (tertiary/aromatic N) is 1. The first kappa shape index (κ1) is 9.30. The molecule has 0 aliphatic carbocycles. The molecule has 68 valence electrons. The van der Waals surface area contributed by atoms with E-state index in [2.05, 4.69) is 25.7 Å². The van der Waals surface area contributed by atoms with Gasteiger partial charge in [-0.25, -0.2) is 0 Å². The Labute approximate surface area is 74.2 Å². The van der Waals surface area contributed by atoms with Crippen LogP contribution in [0.2, 0.25) is 0 Å². The van der Waals surface area contributed by atoms with Gasteiger partial charge in [0.1, 0.15) is 0 Å². The summed E-state index contributed by atoms with van der Waals surface area (Å²) in [6.45, 7) is 7.33. The van der Waals surface area contributed by atoms with Crippen LogP contribution in [0.15, 0.2) is 11.8 Å². The second kappa shape index (κ2) is 3.74. The molecule has 0 atom stereocenters. The molecule has 0 saturated heterocycles. The Morgan fingerprint density at radius 1 is 1.58 bits per heavy atom. The van der Waals surface area contributed by atoms with Gasteiger partial charge >= 0.3 is 0 Å². The van der Waals surface area contributed by atoms with Gasteiger partial charge in [-0.3, -0.25) is 4.79 Å². The Morgan fingerprint density at radius 2 is 2.25 bits per heavy atom. The lowest BCUT2D eigenvalue weighted by Gasteiger charge is -2.33. The van der Waals surface area contributed by atoms with E-state index in [4.69, 9.17) is 0 Å². The van der Waals surface area contributed by atoms with E-state index in [9.17, 15) is 4.79 Å². The van der Waals surface area contributed by atoms with Crippen molar-refractivity contribution in [3.8, 4) is 0 Å². The average molecular weight is 167 g/mol. The van der Waals surface area contributed by atoms with Crippen molar-refractivity contribution in [1.82, 2.24) is 4.90 Å². The zero-order valence-electron chi connectivity index (χ0n) is 8.13. The first-order chi connectivity index (χ1) is 5.65. The van der Waals surface area contributed by atoms with E-state index in [-0.39, 0.29) is 5.78 Å². The molecule has 1 aliphatic heterocycles. The summed E-state index contributed by atoms with van der Waals surface area (Å²) in [4.78, 5) is 13.4. The van der Waals surface area contributed by atoms with Gasteiger partial charge in [0.05, 0.1) is 0 Å². The van der Waals surface area contributed by atoms with E-state index >= 15 is 0 Å². The molecule has 0 aromatic rings. The van der Waals surface area contributed by atoms with Crippen molar-refractivity contribution in [1.29, 1.82) is 0 Å². The van der Waals surface area contributed by atoms with Gasteiger partial charge in [-0.1, -0.05) is 6.92 Å². The molecule has 0 fully saturated rings. The lowest BCUT2D eigenvalue weighted by molar-refractivity contribution is -0.115. The van der Waals surface area contributed by atoms with Crippen molar-refractivity contribution < 1.29 is 4.79 Å².